The molecule has 4 rings (SSSR count). The molecule has 8 nitrogen and oxygen atoms in total. The summed E-state index contributed by atoms with van der Waals surface area (Å²) in [5, 5.41) is 16.0. The molecule has 0 bridgehead atoms. The molecule has 0 saturated carbocycles. The standard InChI is InChI=1S/C25H34F2N6O2/c1-16(2)32-7-4-17(22(27)15-32)12-29-13-18(11-28)24-20-5-8-35-9-6-23(20)33(31-24)19-10-21(26)25(34-3)30-14-19/h10-11,13-14,16-17,22,28-29H,4-9,12,15H2,1-3H3/b18-13+,28-11?/t17-,22-/m0/s1. The Morgan fingerprint density at radius 1 is 1.37 bits per heavy atom. The summed E-state index contributed by atoms with van der Waals surface area (Å²) >= 11 is 0. The number of hydrogen-bond donors (Lipinski definition) is 2. The first kappa shape index (κ1) is 25.2. The zero-order valence-electron chi connectivity index (χ0n) is 20.6. The van der Waals surface area contributed by atoms with Gasteiger partial charge >= 0.3 is 0 Å². The van der Waals surface area contributed by atoms with Crippen LogP contribution in [0.15, 0.2) is 18.5 Å². The van der Waals surface area contributed by atoms with Crippen molar-refractivity contribution in [3.05, 3.63) is 41.2 Å². The van der Waals surface area contributed by atoms with Gasteiger partial charge in [0.1, 0.15) is 6.17 Å². The second-order valence-corrected chi connectivity index (χ2v) is 9.29. The third-order valence-corrected chi connectivity index (χ3v) is 6.80. The van der Waals surface area contributed by atoms with Crippen molar-refractivity contribution >= 4 is 11.8 Å². The third kappa shape index (κ3) is 5.54. The van der Waals surface area contributed by atoms with Crippen LogP contribution in [0.1, 0.15) is 37.2 Å². The van der Waals surface area contributed by atoms with Crippen LogP contribution >= 0.6 is 0 Å². The van der Waals surface area contributed by atoms with Gasteiger partial charge in [0.05, 0.1) is 43.6 Å². The van der Waals surface area contributed by atoms with Crippen molar-refractivity contribution in [3.8, 4) is 11.6 Å². The van der Waals surface area contributed by atoms with Gasteiger partial charge in [0.15, 0.2) is 5.82 Å². The lowest BCUT2D eigenvalue weighted by atomic mass is 9.94. The number of methoxy groups -OCH3 is 1. The van der Waals surface area contributed by atoms with Crippen molar-refractivity contribution in [3.63, 3.8) is 0 Å². The lowest BCUT2D eigenvalue weighted by Crippen LogP contribution is -2.47. The van der Waals surface area contributed by atoms with E-state index in [2.05, 4.69) is 29.0 Å². The van der Waals surface area contributed by atoms with E-state index in [4.69, 9.17) is 20.0 Å². The average molecular weight is 489 g/mol. The molecule has 2 aliphatic heterocycles. The number of ether oxygens (including phenoxy) is 2. The minimum atomic E-state index is -0.888. The second kappa shape index (κ2) is 11.3. The van der Waals surface area contributed by atoms with Crippen LogP contribution in [0.5, 0.6) is 5.88 Å². The number of likely N-dealkylation sites (tertiary alicyclic amines) is 1. The molecule has 2 aromatic heterocycles. The first-order valence-electron chi connectivity index (χ1n) is 12.1. The summed E-state index contributed by atoms with van der Waals surface area (Å²) in [7, 11) is 1.37. The highest BCUT2D eigenvalue weighted by Gasteiger charge is 2.30. The van der Waals surface area contributed by atoms with Crippen LogP contribution in [0.3, 0.4) is 0 Å². The minimum Gasteiger partial charge on any atom is -0.479 e. The number of fused-ring (bicyclic) bond motifs is 1. The van der Waals surface area contributed by atoms with Crippen LogP contribution in [-0.2, 0) is 17.6 Å². The Hall–Kier alpha value is -2.85. The summed E-state index contributed by atoms with van der Waals surface area (Å²) in [6.45, 7) is 7.08. The van der Waals surface area contributed by atoms with Crippen LogP contribution in [0.25, 0.3) is 11.3 Å². The predicted molar refractivity (Wildman–Crippen MR) is 131 cm³/mol. The summed E-state index contributed by atoms with van der Waals surface area (Å²) in [6, 6.07) is 1.68. The Balaban J connectivity index is 1.57. The fourth-order valence-corrected chi connectivity index (χ4v) is 4.75. The number of allylic oxidation sites excluding steroid dienone is 1. The lowest BCUT2D eigenvalue weighted by molar-refractivity contribution is 0.0666. The van der Waals surface area contributed by atoms with E-state index in [1.165, 1.54) is 25.6 Å². The van der Waals surface area contributed by atoms with Crippen LogP contribution in [-0.4, -0.2) is 78.1 Å². The SMILES string of the molecule is COc1ncc(-n2nc(/C(C=N)=C/NC[C@@H]3CCN(C(C)C)C[C@@H]3F)c3c2CCOCC3)cc1F. The maximum atomic E-state index is 14.7. The topological polar surface area (TPSA) is 88.3 Å². The Kier molecular flexibility index (Phi) is 8.12. The normalized spacial score (nSPS) is 21.5. The van der Waals surface area contributed by atoms with E-state index >= 15 is 0 Å². The highest BCUT2D eigenvalue weighted by molar-refractivity contribution is 6.08. The zero-order chi connectivity index (χ0) is 24.9. The smallest absolute Gasteiger partial charge is 0.250 e. The molecule has 2 aromatic rings. The van der Waals surface area contributed by atoms with Crippen molar-refractivity contribution in [2.75, 3.05) is 40.0 Å². The molecule has 0 amide bonds. The molecule has 10 heteroatoms. The summed E-state index contributed by atoms with van der Waals surface area (Å²) in [5.41, 5.74) is 3.56. The quantitative estimate of drug-likeness (QED) is 0.555. The van der Waals surface area contributed by atoms with Gasteiger partial charge < -0.3 is 20.2 Å². The molecule has 2 N–H and O–H groups in total. The van der Waals surface area contributed by atoms with Crippen molar-refractivity contribution in [1.82, 2.24) is 25.0 Å². The molecule has 2 aliphatic rings. The first-order valence-corrected chi connectivity index (χ1v) is 12.1. The van der Waals surface area contributed by atoms with E-state index in [1.807, 2.05) is 0 Å². The third-order valence-electron chi connectivity index (χ3n) is 6.80. The number of halogens is 2. The Labute approximate surface area is 204 Å². The number of nitrogens with zero attached hydrogens (tertiary/aromatic N) is 4. The number of pyridine rings is 1. The van der Waals surface area contributed by atoms with E-state index in [1.54, 1.807) is 10.9 Å². The molecule has 1 fully saturated rings. The molecule has 0 unspecified atom stereocenters. The van der Waals surface area contributed by atoms with Crippen molar-refractivity contribution in [1.29, 1.82) is 5.41 Å². The Morgan fingerprint density at radius 2 is 2.17 bits per heavy atom. The van der Waals surface area contributed by atoms with Gasteiger partial charge in [0, 0.05) is 61.1 Å². The fraction of sp³-hybridized carbons (Fsp3) is 0.560. The summed E-state index contributed by atoms with van der Waals surface area (Å²) in [6.07, 6.45) is 5.63. The van der Waals surface area contributed by atoms with Gasteiger partial charge in [-0.2, -0.15) is 5.10 Å². The van der Waals surface area contributed by atoms with Crippen LogP contribution in [0, 0.1) is 17.1 Å². The second-order valence-electron chi connectivity index (χ2n) is 9.29. The maximum Gasteiger partial charge on any atom is 0.250 e. The zero-order valence-corrected chi connectivity index (χ0v) is 20.6. The van der Waals surface area contributed by atoms with E-state index < -0.39 is 12.0 Å². The van der Waals surface area contributed by atoms with E-state index in [0.717, 1.165) is 24.2 Å². The molecule has 0 aliphatic carbocycles. The fourth-order valence-electron chi connectivity index (χ4n) is 4.75. The van der Waals surface area contributed by atoms with E-state index in [-0.39, 0.29) is 11.8 Å². The number of nitrogens with one attached hydrogen (secondary N) is 2. The van der Waals surface area contributed by atoms with Gasteiger partial charge in [-0.1, -0.05) is 0 Å². The highest BCUT2D eigenvalue weighted by Crippen LogP contribution is 2.28. The molecule has 35 heavy (non-hydrogen) atoms. The number of hydrogen-bond acceptors (Lipinski definition) is 7. The summed E-state index contributed by atoms with van der Waals surface area (Å²) in [4.78, 5) is 6.21. The van der Waals surface area contributed by atoms with Gasteiger partial charge in [-0.15, -0.1) is 0 Å². The lowest BCUT2D eigenvalue weighted by Gasteiger charge is -2.37. The predicted octanol–water partition coefficient (Wildman–Crippen LogP) is 3.18. The van der Waals surface area contributed by atoms with Crippen molar-refractivity contribution < 1.29 is 18.3 Å². The molecule has 0 aromatic carbocycles. The average Bonchev–Trinajstić information content (AvgIpc) is 3.03. The molecule has 190 valence electrons. The van der Waals surface area contributed by atoms with E-state index in [0.29, 0.717) is 62.1 Å². The molecule has 0 radical (unpaired) electrons. The Morgan fingerprint density at radius 3 is 2.86 bits per heavy atom. The molecular formula is C25H34F2N6O2. The summed E-state index contributed by atoms with van der Waals surface area (Å²) in [5.74, 6) is -0.732. The van der Waals surface area contributed by atoms with Gasteiger partial charge in [0.25, 0.3) is 0 Å². The molecular weight excluding hydrogens is 454 g/mol. The van der Waals surface area contributed by atoms with Crippen molar-refractivity contribution in [2.24, 2.45) is 5.92 Å². The number of rotatable bonds is 8. The van der Waals surface area contributed by atoms with Gasteiger partial charge in [-0.25, -0.2) is 18.4 Å². The number of aromatic nitrogens is 3. The highest BCUT2D eigenvalue weighted by atomic mass is 19.1. The number of piperidine rings is 1. The van der Waals surface area contributed by atoms with Gasteiger partial charge in [0.2, 0.25) is 5.88 Å². The van der Waals surface area contributed by atoms with Crippen LogP contribution < -0.4 is 10.1 Å². The first-order chi connectivity index (χ1) is 16.9. The number of alkyl halides is 1. The molecule has 2 atom stereocenters. The summed E-state index contributed by atoms with van der Waals surface area (Å²) < 4.78 is 41.4. The van der Waals surface area contributed by atoms with Crippen molar-refractivity contribution in [2.45, 2.75) is 45.3 Å². The van der Waals surface area contributed by atoms with Crippen LogP contribution in [0.4, 0.5) is 8.78 Å². The largest absolute Gasteiger partial charge is 0.479 e. The minimum absolute atomic E-state index is 0.0785. The van der Waals surface area contributed by atoms with E-state index in [9.17, 15) is 8.78 Å². The maximum absolute atomic E-state index is 14.7. The van der Waals surface area contributed by atoms with Crippen LogP contribution in [0.2, 0.25) is 0 Å². The molecule has 0 spiro atoms. The Bertz CT molecular complexity index is 1070. The van der Waals surface area contributed by atoms with Gasteiger partial charge in [-0.3, -0.25) is 4.90 Å². The monoisotopic (exact) mass is 488 g/mol. The molecule has 4 heterocycles. The molecule has 1 saturated heterocycles. The van der Waals surface area contributed by atoms with Gasteiger partial charge in [-0.05, 0) is 33.2 Å².